The smallest absolute Gasteiger partial charge is 0.349 e. The normalized spacial score (nSPS) is 10.5. The van der Waals surface area contributed by atoms with E-state index in [1.165, 1.54) is 11.3 Å². The summed E-state index contributed by atoms with van der Waals surface area (Å²) in [6.45, 7) is 2.20. The molecule has 0 saturated carbocycles. The Kier molecular flexibility index (Phi) is 3.20. The summed E-state index contributed by atoms with van der Waals surface area (Å²) in [5.74, 6) is -0.259. The minimum Gasteiger partial charge on any atom is -0.462 e. The summed E-state index contributed by atoms with van der Waals surface area (Å²) < 4.78 is 5.91. The van der Waals surface area contributed by atoms with Crippen molar-refractivity contribution < 1.29 is 9.53 Å². The number of aromatic nitrogens is 1. The number of hydrogen-bond donors (Lipinski definition) is 0. The van der Waals surface area contributed by atoms with E-state index in [2.05, 4.69) is 27.6 Å². The van der Waals surface area contributed by atoms with E-state index >= 15 is 0 Å². The molecular weight excluding hydrogens is 325 g/mol. The van der Waals surface area contributed by atoms with Gasteiger partial charge in [0, 0.05) is 15.2 Å². The zero-order valence-electron chi connectivity index (χ0n) is 7.99. The monoisotopic (exact) mass is 333 g/mol. The second-order valence-corrected chi connectivity index (χ2v) is 4.90. The van der Waals surface area contributed by atoms with Gasteiger partial charge in [-0.25, -0.2) is 9.78 Å². The molecule has 0 aliphatic heterocycles. The van der Waals surface area contributed by atoms with Gasteiger partial charge in [-0.15, -0.1) is 11.3 Å². The molecule has 0 amide bonds. The van der Waals surface area contributed by atoms with Gasteiger partial charge in [-0.3, -0.25) is 0 Å². The van der Waals surface area contributed by atoms with Crippen molar-refractivity contribution in [1.29, 1.82) is 0 Å². The fourth-order valence-electron chi connectivity index (χ4n) is 1.23. The Balaban J connectivity index is 2.53. The molecule has 0 radical (unpaired) electrons. The van der Waals surface area contributed by atoms with Crippen molar-refractivity contribution in [3.63, 3.8) is 0 Å². The summed E-state index contributed by atoms with van der Waals surface area (Å²) in [6, 6.07) is 3.83. The summed E-state index contributed by atoms with van der Waals surface area (Å²) in [5, 5.41) is 1.02. The number of hydrogen-bond acceptors (Lipinski definition) is 4. The fourth-order valence-corrected chi connectivity index (χ4v) is 3.33. The van der Waals surface area contributed by atoms with Gasteiger partial charge in [-0.1, -0.05) is 0 Å². The van der Waals surface area contributed by atoms with Crippen LogP contribution in [0.25, 0.3) is 10.2 Å². The largest absolute Gasteiger partial charge is 0.462 e. The maximum atomic E-state index is 11.6. The second-order valence-electron chi connectivity index (χ2n) is 2.82. The lowest BCUT2D eigenvalue weighted by Crippen LogP contribution is -2.03. The Morgan fingerprint density at radius 1 is 1.67 bits per heavy atom. The Morgan fingerprint density at radius 2 is 2.47 bits per heavy atom. The molecule has 0 aliphatic rings. The van der Waals surface area contributed by atoms with Crippen molar-refractivity contribution in [1.82, 2.24) is 4.98 Å². The predicted octanol–water partition coefficient (Wildman–Crippen LogP) is 3.08. The zero-order chi connectivity index (χ0) is 10.8. The first-order valence-corrected chi connectivity index (χ1v) is 6.33. The number of fused-ring (bicyclic) bond motifs is 1. The maximum absolute atomic E-state index is 11.6. The third kappa shape index (κ3) is 1.98. The average Bonchev–Trinajstić information content (AvgIpc) is 2.57. The molecule has 0 aliphatic carbocycles. The topological polar surface area (TPSA) is 39.2 Å². The highest BCUT2D eigenvalue weighted by molar-refractivity contribution is 14.1. The highest BCUT2D eigenvalue weighted by Gasteiger charge is 2.17. The highest BCUT2D eigenvalue weighted by Crippen LogP contribution is 2.31. The van der Waals surface area contributed by atoms with Crippen LogP contribution in [0.5, 0.6) is 0 Å². The van der Waals surface area contributed by atoms with Gasteiger partial charge in [0.15, 0.2) is 0 Å². The van der Waals surface area contributed by atoms with Crippen LogP contribution >= 0.6 is 33.9 Å². The second kappa shape index (κ2) is 4.44. The molecule has 5 heteroatoms. The third-order valence-corrected chi connectivity index (χ3v) is 4.45. The molecule has 0 atom stereocenters. The summed E-state index contributed by atoms with van der Waals surface area (Å²) in [7, 11) is 0. The van der Waals surface area contributed by atoms with Crippen LogP contribution in [0.15, 0.2) is 18.3 Å². The highest BCUT2D eigenvalue weighted by atomic mass is 127. The molecule has 15 heavy (non-hydrogen) atoms. The molecule has 2 rings (SSSR count). The molecule has 2 heterocycles. The minimum absolute atomic E-state index is 0.259. The van der Waals surface area contributed by atoms with E-state index in [1.807, 2.05) is 12.1 Å². The van der Waals surface area contributed by atoms with Crippen LogP contribution in [0, 0.1) is 3.57 Å². The standard InChI is InChI=1S/C10H8INO2S/c1-2-14-10(13)8-7(11)6-4-3-5-12-9(6)15-8/h3-5H,2H2,1H3. The molecule has 2 aromatic rings. The molecule has 0 N–H and O–H groups in total. The SMILES string of the molecule is CCOC(=O)c1sc2ncccc2c1I. The molecule has 0 fully saturated rings. The van der Waals surface area contributed by atoms with Crippen molar-refractivity contribution in [3.05, 3.63) is 26.8 Å². The minimum atomic E-state index is -0.259. The number of esters is 1. The summed E-state index contributed by atoms with van der Waals surface area (Å²) >= 11 is 3.54. The van der Waals surface area contributed by atoms with Crippen LogP contribution in [0.4, 0.5) is 0 Å². The van der Waals surface area contributed by atoms with Crippen LogP contribution < -0.4 is 0 Å². The van der Waals surface area contributed by atoms with Gasteiger partial charge in [-0.2, -0.15) is 0 Å². The van der Waals surface area contributed by atoms with Crippen molar-refractivity contribution >= 4 is 50.1 Å². The Morgan fingerprint density at radius 3 is 3.13 bits per heavy atom. The third-order valence-electron chi connectivity index (χ3n) is 1.87. The lowest BCUT2D eigenvalue weighted by Gasteiger charge is -1.97. The van der Waals surface area contributed by atoms with E-state index in [4.69, 9.17) is 4.74 Å². The quantitative estimate of drug-likeness (QED) is 0.626. The molecule has 0 unspecified atom stereocenters. The van der Waals surface area contributed by atoms with Crippen LogP contribution in [0.2, 0.25) is 0 Å². The molecule has 0 spiro atoms. The van der Waals surface area contributed by atoms with Crippen LogP contribution in [-0.4, -0.2) is 17.6 Å². The molecule has 2 aromatic heterocycles. The van der Waals surface area contributed by atoms with Crippen molar-refractivity contribution in [2.45, 2.75) is 6.92 Å². The lowest BCUT2D eigenvalue weighted by atomic mass is 10.3. The molecule has 3 nitrogen and oxygen atoms in total. The van der Waals surface area contributed by atoms with E-state index < -0.39 is 0 Å². The average molecular weight is 333 g/mol. The first-order valence-electron chi connectivity index (χ1n) is 4.44. The molecular formula is C10H8INO2S. The van der Waals surface area contributed by atoms with E-state index in [9.17, 15) is 4.79 Å². The fraction of sp³-hybridized carbons (Fsp3) is 0.200. The van der Waals surface area contributed by atoms with Gasteiger partial charge in [0.05, 0.1) is 6.61 Å². The number of rotatable bonds is 2. The van der Waals surface area contributed by atoms with Gasteiger partial charge >= 0.3 is 5.97 Å². The summed E-state index contributed by atoms with van der Waals surface area (Å²) in [5.41, 5.74) is 0. The number of carbonyl (C=O) groups is 1. The van der Waals surface area contributed by atoms with Gasteiger partial charge in [0.1, 0.15) is 9.71 Å². The number of halogens is 1. The zero-order valence-corrected chi connectivity index (χ0v) is 11.0. The molecule has 0 bridgehead atoms. The summed E-state index contributed by atoms with van der Waals surface area (Å²) in [6.07, 6.45) is 1.73. The van der Waals surface area contributed by atoms with Crippen molar-refractivity contribution in [2.24, 2.45) is 0 Å². The number of pyridine rings is 1. The van der Waals surface area contributed by atoms with E-state index in [0.717, 1.165) is 13.8 Å². The van der Waals surface area contributed by atoms with Gasteiger partial charge in [-0.05, 0) is 41.6 Å². The van der Waals surface area contributed by atoms with Crippen LogP contribution in [0.3, 0.4) is 0 Å². The van der Waals surface area contributed by atoms with Crippen molar-refractivity contribution in [3.8, 4) is 0 Å². The number of carbonyl (C=O) groups excluding carboxylic acids is 1. The molecule has 0 saturated heterocycles. The molecule has 0 aromatic carbocycles. The van der Waals surface area contributed by atoms with Gasteiger partial charge in [0.2, 0.25) is 0 Å². The van der Waals surface area contributed by atoms with Crippen LogP contribution in [-0.2, 0) is 4.74 Å². The Bertz CT molecular complexity index is 509. The van der Waals surface area contributed by atoms with E-state index in [-0.39, 0.29) is 5.97 Å². The number of thiophene rings is 1. The lowest BCUT2D eigenvalue weighted by molar-refractivity contribution is 0.0531. The van der Waals surface area contributed by atoms with Gasteiger partial charge < -0.3 is 4.74 Å². The Hall–Kier alpha value is -0.690. The maximum Gasteiger partial charge on any atom is 0.349 e. The number of nitrogens with zero attached hydrogens (tertiary/aromatic N) is 1. The predicted molar refractivity (Wildman–Crippen MR) is 68.3 cm³/mol. The summed E-state index contributed by atoms with van der Waals surface area (Å²) in [4.78, 5) is 17.3. The van der Waals surface area contributed by atoms with Crippen molar-refractivity contribution in [2.75, 3.05) is 6.61 Å². The Labute approximate surface area is 105 Å². The first kappa shape index (κ1) is 10.8. The number of ether oxygens (including phenoxy) is 1. The van der Waals surface area contributed by atoms with Crippen LogP contribution in [0.1, 0.15) is 16.6 Å². The van der Waals surface area contributed by atoms with E-state index in [0.29, 0.717) is 11.5 Å². The van der Waals surface area contributed by atoms with E-state index in [1.54, 1.807) is 13.1 Å². The van der Waals surface area contributed by atoms with Gasteiger partial charge in [0.25, 0.3) is 0 Å². The first-order chi connectivity index (χ1) is 7.24. The molecule has 78 valence electrons.